The first kappa shape index (κ1) is 20.4. The monoisotopic (exact) mass is 442 g/mol. The van der Waals surface area contributed by atoms with Crippen LogP contribution in [0.5, 0.6) is 0 Å². The quantitative estimate of drug-likeness (QED) is 0.450. The van der Waals surface area contributed by atoms with Crippen LogP contribution in [0, 0.1) is 0 Å². The summed E-state index contributed by atoms with van der Waals surface area (Å²) >= 11 is 0. The van der Waals surface area contributed by atoms with Gasteiger partial charge in [-0.05, 0) is 62.3 Å². The van der Waals surface area contributed by atoms with Crippen LogP contribution in [0.25, 0.3) is 27.7 Å². The van der Waals surface area contributed by atoms with E-state index in [-0.39, 0.29) is 5.60 Å². The van der Waals surface area contributed by atoms with Gasteiger partial charge in [-0.15, -0.1) is 5.10 Å². The van der Waals surface area contributed by atoms with Crippen molar-refractivity contribution in [1.29, 1.82) is 0 Å². The second-order valence-corrected chi connectivity index (χ2v) is 9.29. The van der Waals surface area contributed by atoms with E-state index in [9.17, 15) is 0 Å². The molecule has 4 heterocycles. The third kappa shape index (κ3) is 3.51. The SMILES string of the molecule is CCc1cccc2nc(-c3ccn4nc(NC5CCC6(CCO6)CC5)nc(NC)c34)ccc12. The Bertz CT molecular complexity index is 1320. The Morgan fingerprint density at radius 1 is 1.09 bits per heavy atom. The molecule has 1 aliphatic heterocycles. The lowest BCUT2D eigenvalue weighted by atomic mass is 9.77. The van der Waals surface area contributed by atoms with Crippen molar-refractivity contribution in [3.63, 3.8) is 0 Å². The number of nitrogens with zero attached hydrogens (tertiary/aromatic N) is 4. The van der Waals surface area contributed by atoms with Gasteiger partial charge in [0.2, 0.25) is 5.95 Å². The summed E-state index contributed by atoms with van der Waals surface area (Å²) in [6, 6.07) is 13.1. The molecule has 3 aromatic heterocycles. The second-order valence-electron chi connectivity index (χ2n) is 9.29. The van der Waals surface area contributed by atoms with Crippen LogP contribution in [0.2, 0.25) is 0 Å². The summed E-state index contributed by atoms with van der Waals surface area (Å²) in [7, 11) is 1.91. The van der Waals surface area contributed by atoms with E-state index in [4.69, 9.17) is 19.8 Å². The molecule has 1 aliphatic carbocycles. The number of rotatable bonds is 5. The first-order valence-corrected chi connectivity index (χ1v) is 12.0. The van der Waals surface area contributed by atoms with E-state index >= 15 is 0 Å². The zero-order chi connectivity index (χ0) is 22.4. The van der Waals surface area contributed by atoms with E-state index in [0.717, 1.165) is 66.8 Å². The minimum absolute atomic E-state index is 0.166. The molecule has 2 aliphatic rings. The molecule has 6 rings (SSSR count). The molecule has 2 N–H and O–H groups in total. The number of anilines is 2. The average molecular weight is 443 g/mol. The Morgan fingerprint density at radius 2 is 1.94 bits per heavy atom. The summed E-state index contributed by atoms with van der Waals surface area (Å²) in [4.78, 5) is 9.79. The standard InChI is InChI=1S/C26H30N6O/c1-3-17-5-4-6-21-19(17)7-8-22(29-21)20-11-15-32-23(20)24(27-2)30-25(31-32)28-18-9-12-26(13-10-18)14-16-33-26/h4-8,11,15,18H,3,9-10,12-14,16H2,1-2H3,(H2,27,28,30,31). The minimum Gasteiger partial charge on any atom is -0.375 e. The number of nitrogens with one attached hydrogen (secondary N) is 2. The molecule has 170 valence electrons. The van der Waals surface area contributed by atoms with Crippen LogP contribution in [0.4, 0.5) is 11.8 Å². The second kappa shape index (κ2) is 7.99. The molecular weight excluding hydrogens is 412 g/mol. The number of aryl methyl sites for hydroxylation is 1. The summed E-state index contributed by atoms with van der Waals surface area (Å²) in [6.07, 6.45) is 8.61. The molecule has 0 amide bonds. The van der Waals surface area contributed by atoms with E-state index in [2.05, 4.69) is 54.0 Å². The van der Waals surface area contributed by atoms with E-state index in [1.54, 1.807) is 0 Å². The maximum atomic E-state index is 5.86. The van der Waals surface area contributed by atoms with E-state index < -0.39 is 0 Å². The normalized spacial score (nSPS) is 22.5. The van der Waals surface area contributed by atoms with Crippen LogP contribution >= 0.6 is 0 Å². The molecule has 0 atom stereocenters. The Labute approximate surface area is 193 Å². The van der Waals surface area contributed by atoms with E-state index in [0.29, 0.717) is 12.0 Å². The Kier molecular flexibility index (Phi) is 4.94. The first-order chi connectivity index (χ1) is 16.2. The summed E-state index contributed by atoms with van der Waals surface area (Å²) in [5.74, 6) is 1.45. The lowest BCUT2D eigenvalue weighted by Gasteiger charge is -2.46. The average Bonchev–Trinajstić information content (AvgIpc) is 3.26. The third-order valence-electron chi connectivity index (χ3n) is 7.42. The van der Waals surface area contributed by atoms with E-state index in [1.807, 2.05) is 17.8 Å². The van der Waals surface area contributed by atoms with Gasteiger partial charge < -0.3 is 15.4 Å². The molecular formula is C26H30N6O. The maximum absolute atomic E-state index is 5.86. The zero-order valence-corrected chi connectivity index (χ0v) is 19.3. The summed E-state index contributed by atoms with van der Waals surface area (Å²) in [6.45, 7) is 3.10. The van der Waals surface area contributed by atoms with Crippen molar-refractivity contribution in [2.24, 2.45) is 0 Å². The van der Waals surface area contributed by atoms with Gasteiger partial charge in [-0.1, -0.05) is 25.1 Å². The fourth-order valence-electron chi connectivity index (χ4n) is 5.40. The molecule has 33 heavy (non-hydrogen) atoms. The minimum atomic E-state index is 0.166. The Morgan fingerprint density at radius 3 is 2.67 bits per heavy atom. The first-order valence-electron chi connectivity index (χ1n) is 12.0. The molecule has 1 aromatic carbocycles. The smallest absolute Gasteiger partial charge is 0.243 e. The molecule has 7 heteroatoms. The number of fused-ring (bicyclic) bond motifs is 2. The van der Waals surface area contributed by atoms with Crippen LogP contribution in [0.1, 0.15) is 44.6 Å². The fraction of sp³-hybridized carbons (Fsp3) is 0.423. The highest BCUT2D eigenvalue weighted by Gasteiger charge is 2.41. The maximum Gasteiger partial charge on any atom is 0.243 e. The predicted molar refractivity (Wildman–Crippen MR) is 132 cm³/mol. The van der Waals surface area contributed by atoms with Gasteiger partial charge in [-0.3, -0.25) is 0 Å². The lowest BCUT2D eigenvalue weighted by Crippen LogP contribution is -2.48. The molecule has 4 aromatic rings. The fourth-order valence-corrected chi connectivity index (χ4v) is 5.40. The van der Waals surface area contributed by atoms with Gasteiger partial charge in [-0.25, -0.2) is 9.50 Å². The van der Waals surface area contributed by atoms with Crippen LogP contribution in [-0.2, 0) is 11.2 Å². The summed E-state index contributed by atoms with van der Waals surface area (Å²) in [5, 5.41) is 12.8. The Hall–Kier alpha value is -3.19. The third-order valence-corrected chi connectivity index (χ3v) is 7.42. The van der Waals surface area contributed by atoms with Crippen molar-refractivity contribution in [3.8, 4) is 11.3 Å². The molecule has 7 nitrogen and oxygen atoms in total. The molecule has 0 bridgehead atoms. The highest BCUT2D eigenvalue weighted by Crippen LogP contribution is 2.41. The van der Waals surface area contributed by atoms with Crippen LogP contribution < -0.4 is 10.6 Å². The molecule has 1 saturated carbocycles. The predicted octanol–water partition coefficient (Wildman–Crippen LogP) is 5.06. The summed E-state index contributed by atoms with van der Waals surface area (Å²) < 4.78 is 7.76. The van der Waals surface area contributed by atoms with Crippen LogP contribution in [0.15, 0.2) is 42.6 Å². The van der Waals surface area contributed by atoms with Crippen molar-refractivity contribution < 1.29 is 4.74 Å². The zero-order valence-electron chi connectivity index (χ0n) is 19.3. The van der Waals surface area contributed by atoms with Gasteiger partial charge in [0.1, 0.15) is 5.52 Å². The van der Waals surface area contributed by atoms with Crippen molar-refractivity contribution in [1.82, 2.24) is 19.6 Å². The molecule has 0 unspecified atom stereocenters. The van der Waals surface area contributed by atoms with E-state index in [1.165, 1.54) is 17.4 Å². The number of hydrogen-bond donors (Lipinski definition) is 2. The number of aromatic nitrogens is 4. The molecule has 0 radical (unpaired) electrons. The molecule has 1 saturated heterocycles. The molecule has 2 fully saturated rings. The van der Waals surface area contributed by atoms with Gasteiger partial charge in [0, 0.05) is 30.2 Å². The van der Waals surface area contributed by atoms with Crippen molar-refractivity contribution in [2.45, 2.75) is 57.1 Å². The van der Waals surface area contributed by atoms with Gasteiger partial charge >= 0.3 is 0 Å². The largest absolute Gasteiger partial charge is 0.375 e. The van der Waals surface area contributed by atoms with Gasteiger partial charge in [0.05, 0.1) is 23.4 Å². The number of hydrogen-bond acceptors (Lipinski definition) is 6. The topological polar surface area (TPSA) is 76.4 Å². The Balaban J connectivity index is 1.31. The van der Waals surface area contributed by atoms with Gasteiger partial charge in [-0.2, -0.15) is 4.98 Å². The van der Waals surface area contributed by atoms with Crippen LogP contribution in [-0.4, -0.2) is 44.9 Å². The number of ether oxygens (including phenoxy) is 1. The number of pyridine rings is 1. The van der Waals surface area contributed by atoms with Crippen molar-refractivity contribution >= 4 is 28.2 Å². The highest BCUT2D eigenvalue weighted by molar-refractivity contribution is 5.91. The van der Waals surface area contributed by atoms with Gasteiger partial charge in [0.15, 0.2) is 5.82 Å². The number of benzene rings is 1. The molecule has 1 spiro atoms. The lowest BCUT2D eigenvalue weighted by molar-refractivity contribution is -0.165. The van der Waals surface area contributed by atoms with Crippen molar-refractivity contribution in [2.75, 3.05) is 24.3 Å². The van der Waals surface area contributed by atoms with Crippen LogP contribution in [0.3, 0.4) is 0 Å². The summed E-state index contributed by atoms with van der Waals surface area (Å²) in [5.41, 5.74) is 5.39. The highest BCUT2D eigenvalue weighted by atomic mass is 16.5. The van der Waals surface area contributed by atoms with Crippen molar-refractivity contribution in [3.05, 3.63) is 48.2 Å². The van der Waals surface area contributed by atoms with Gasteiger partial charge in [0.25, 0.3) is 0 Å².